The Labute approximate surface area is 148 Å². The number of aromatic carboxylic acids is 1. The summed E-state index contributed by atoms with van der Waals surface area (Å²) < 4.78 is 0. The van der Waals surface area contributed by atoms with Crippen LogP contribution in [0.15, 0.2) is 17.7 Å². The number of rotatable bonds is 7. The summed E-state index contributed by atoms with van der Waals surface area (Å²) in [6.07, 6.45) is 5.55. The van der Waals surface area contributed by atoms with Crippen LogP contribution >= 0.6 is 0 Å². The third kappa shape index (κ3) is 5.53. The standard InChI is InChI=1S/C17H24O4.Mg/c1-4-5-6-7-12-10-14(18)13(9-8-11(2)3)16(19)15(12)17(20)21;/h8,10,18-19H,4-7,9H2,1-3H3,(H,20,21);/q;+2. The zero-order valence-corrected chi connectivity index (χ0v) is 15.1. The normalized spacial score (nSPS) is 9.95. The van der Waals surface area contributed by atoms with Crippen molar-refractivity contribution in [1.29, 1.82) is 0 Å². The largest absolute Gasteiger partial charge is 2.00 e. The summed E-state index contributed by atoms with van der Waals surface area (Å²) in [5.74, 6) is -1.51. The van der Waals surface area contributed by atoms with Crippen molar-refractivity contribution in [2.24, 2.45) is 0 Å². The fourth-order valence-electron chi connectivity index (χ4n) is 2.26. The number of aromatic hydroxyl groups is 2. The van der Waals surface area contributed by atoms with Gasteiger partial charge in [0.15, 0.2) is 0 Å². The summed E-state index contributed by atoms with van der Waals surface area (Å²) in [6, 6.07) is 1.48. The second kappa shape index (κ2) is 9.74. The molecule has 0 aliphatic heterocycles. The number of aryl methyl sites for hydroxylation is 1. The number of benzene rings is 1. The predicted octanol–water partition coefficient (Wildman–Crippen LogP) is 3.66. The molecule has 0 spiro atoms. The maximum atomic E-state index is 11.4. The molecule has 1 aromatic rings. The fourth-order valence-corrected chi connectivity index (χ4v) is 2.26. The van der Waals surface area contributed by atoms with E-state index in [9.17, 15) is 20.1 Å². The van der Waals surface area contributed by atoms with Crippen LogP contribution < -0.4 is 0 Å². The summed E-state index contributed by atoms with van der Waals surface area (Å²) >= 11 is 0. The maximum Gasteiger partial charge on any atom is 2.00 e. The average Bonchev–Trinajstić information content (AvgIpc) is 2.37. The van der Waals surface area contributed by atoms with E-state index in [1.54, 1.807) is 0 Å². The van der Waals surface area contributed by atoms with Crippen LogP contribution in [0.25, 0.3) is 0 Å². The van der Waals surface area contributed by atoms with E-state index >= 15 is 0 Å². The molecule has 0 aliphatic rings. The molecule has 0 saturated heterocycles. The quantitative estimate of drug-likeness (QED) is 0.407. The van der Waals surface area contributed by atoms with Crippen LogP contribution in [0, 0.1) is 0 Å². The van der Waals surface area contributed by atoms with Gasteiger partial charge in [0, 0.05) is 5.56 Å². The van der Waals surface area contributed by atoms with Crippen LogP contribution in [0.3, 0.4) is 0 Å². The Hall–Kier alpha value is -1.20. The summed E-state index contributed by atoms with van der Waals surface area (Å²) in [6.45, 7) is 5.88. The molecule has 0 aromatic heterocycles. The number of phenolic OH excluding ortho intramolecular Hbond substituents is 1. The summed E-state index contributed by atoms with van der Waals surface area (Å²) in [5, 5.41) is 29.6. The van der Waals surface area contributed by atoms with Gasteiger partial charge in [-0.3, -0.25) is 0 Å². The molecule has 5 heteroatoms. The minimum atomic E-state index is -1.16. The van der Waals surface area contributed by atoms with Gasteiger partial charge in [-0.1, -0.05) is 31.4 Å². The molecule has 22 heavy (non-hydrogen) atoms. The van der Waals surface area contributed by atoms with Crippen molar-refractivity contribution in [2.45, 2.75) is 52.9 Å². The van der Waals surface area contributed by atoms with Crippen LogP contribution in [0.1, 0.15) is 61.5 Å². The zero-order valence-electron chi connectivity index (χ0n) is 13.6. The molecule has 116 valence electrons. The molecular weight excluding hydrogens is 292 g/mol. The number of phenols is 2. The molecule has 0 aliphatic carbocycles. The number of carboxylic acid groups (broad SMARTS) is 1. The molecule has 0 fully saturated rings. The van der Waals surface area contributed by atoms with Gasteiger partial charge in [-0.05, 0) is 44.7 Å². The van der Waals surface area contributed by atoms with Gasteiger partial charge in [-0.15, -0.1) is 0 Å². The van der Waals surface area contributed by atoms with E-state index < -0.39 is 5.97 Å². The molecule has 0 unspecified atom stereocenters. The predicted molar refractivity (Wildman–Crippen MR) is 88.8 cm³/mol. The molecule has 0 bridgehead atoms. The first-order chi connectivity index (χ1) is 9.88. The molecular formula is C17H24MgO4+2. The third-order valence-electron chi connectivity index (χ3n) is 3.44. The molecule has 3 N–H and O–H groups in total. The average molecular weight is 317 g/mol. The van der Waals surface area contributed by atoms with Crippen molar-refractivity contribution in [3.05, 3.63) is 34.4 Å². The monoisotopic (exact) mass is 316 g/mol. The minimum Gasteiger partial charge on any atom is -0.508 e. The Morgan fingerprint density at radius 3 is 2.36 bits per heavy atom. The van der Waals surface area contributed by atoms with Crippen LogP contribution in [0.2, 0.25) is 0 Å². The molecule has 0 saturated carbocycles. The molecule has 0 amide bonds. The zero-order chi connectivity index (χ0) is 16.0. The fraction of sp³-hybridized carbons (Fsp3) is 0.471. The topological polar surface area (TPSA) is 77.8 Å². The van der Waals surface area contributed by atoms with Gasteiger partial charge in [0.2, 0.25) is 0 Å². The number of hydrogen-bond donors (Lipinski definition) is 3. The summed E-state index contributed by atoms with van der Waals surface area (Å²) in [7, 11) is 0. The van der Waals surface area contributed by atoms with Gasteiger partial charge >= 0.3 is 29.0 Å². The van der Waals surface area contributed by atoms with E-state index in [2.05, 4.69) is 6.92 Å². The van der Waals surface area contributed by atoms with Crippen molar-refractivity contribution in [3.8, 4) is 11.5 Å². The molecule has 0 radical (unpaired) electrons. The van der Waals surface area contributed by atoms with Crippen molar-refractivity contribution < 1.29 is 20.1 Å². The van der Waals surface area contributed by atoms with Gasteiger partial charge in [0.25, 0.3) is 0 Å². The van der Waals surface area contributed by atoms with E-state index in [1.807, 2.05) is 19.9 Å². The van der Waals surface area contributed by atoms with Crippen LogP contribution in [0.4, 0.5) is 0 Å². The van der Waals surface area contributed by atoms with Crippen LogP contribution in [0.5, 0.6) is 11.5 Å². The van der Waals surface area contributed by atoms with E-state index in [1.165, 1.54) is 6.07 Å². The van der Waals surface area contributed by atoms with Crippen molar-refractivity contribution in [3.63, 3.8) is 0 Å². The number of hydrogen-bond acceptors (Lipinski definition) is 3. The Morgan fingerprint density at radius 1 is 1.23 bits per heavy atom. The number of carbonyl (C=O) groups is 1. The van der Waals surface area contributed by atoms with E-state index in [0.29, 0.717) is 18.4 Å². The van der Waals surface area contributed by atoms with E-state index in [-0.39, 0.29) is 45.7 Å². The number of carboxylic acids is 1. The van der Waals surface area contributed by atoms with E-state index in [4.69, 9.17) is 0 Å². The van der Waals surface area contributed by atoms with Crippen molar-refractivity contribution in [2.75, 3.05) is 0 Å². The van der Waals surface area contributed by atoms with Gasteiger partial charge in [-0.25, -0.2) is 4.79 Å². The first kappa shape index (κ1) is 20.8. The van der Waals surface area contributed by atoms with Crippen LogP contribution in [-0.2, 0) is 12.8 Å². The van der Waals surface area contributed by atoms with Crippen LogP contribution in [-0.4, -0.2) is 44.3 Å². The molecule has 0 heterocycles. The molecule has 4 nitrogen and oxygen atoms in total. The van der Waals surface area contributed by atoms with Gasteiger partial charge in [0.05, 0.1) is 0 Å². The van der Waals surface area contributed by atoms with Crippen molar-refractivity contribution >= 4 is 29.0 Å². The van der Waals surface area contributed by atoms with E-state index in [0.717, 1.165) is 24.8 Å². The van der Waals surface area contributed by atoms with Gasteiger partial charge in [0.1, 0.15) is 17.1 Å². The maximum absolute atomic E-state index is 11.4. The molecule has 1 aromatic carbocycles. The Bertz CT molecular complexity index is 546. The SMILES string of the molecule is CCCCCc1cc(O)c(CC=C(C)C)c(O)c1C(=O)O.[Mg+2]. The van der Waals surface area contributed by atoms with Gasteiger partial charge in [-0.2, -0.15) is 0 Å². The molecule has 0 atom stereocenters. The summed E-state index contributed by atoms with van der Waals surface area (Å²) in [5.41, 5.74) is 1.72. The third-order valence-corrected chi connectivity index (χ3v) is 3.44. The molecule has 1 rings (SSSR count). The second-order valence-corrected chi connectivity index (χ2v) is 5.50. The van der Waals surface area contributed by atoms with Crippen molar-refractivity contribution in [1.82, 2.24) is 0 Å². The van der Waals surface area contributed by atoms with Gasteiger partial charge < -0.3 is 15.3 Å². The first-order valence-corrected chi connectivity index (χ1v) is 7.31. The Balaban J connectivity index is 0.00000441. The second-order valence-electron chi connectivity index (χ2n) is 5.50. The Morgan fingerprint density at radius 2 is 1.86 bits per heavy atom. The first-order valence-electron chi connectivity index (χ1n) is 7.31. The number of allylic oxidation sites excluding steroid dienone is 2. The number of unbranched alkanes of at least 4 members (excludes halogenated alkanes) is 2. The minimum absolute atomic E-state index is 0. The smallest absolute Gasteiger partial charge is 0.508 e. The Kier molecular flexibility index (Phi) is 9.21. The summed E-state index contributed by atoms with van der Waals surface area (Å²) in [4.78, 5) is 11.4.